The third kappa shape index (κ3) is 4.45. The van der Waals surface area contributed by atoms with Crippen LogP contribution in [0.25, 0.3) is 11.3 Å². The molecule has 0 spiro atoms. The molecule has 2 heterocycles. The maximum Gasteiger partial charge on any atom is 0.260 e. The molecule has 7 nitrogen and oxygen atoms in total. The second-order valence-electron chi connectivity index (χ2n) is 6.58. The molecule has 1 aromatic carbocycles. The van der Waals surface area contributed by atoms with Gasteiger partial charge in [0.05, 0.1) is 18.9 Å². The number of hydrogen-bond acceptors (Lipinski definition) is 6. The molecule has 1 saturated carbocycles. The maximum absolute atomic E-state index is 12.3. The van der Waals surface area contributed by atoms with E-state index in [0.29, 0.717) is 37.2 Å². The molecule has 1 aromatic heterocycles. The molecule has 27 heavy (non-hydrogen) atoms. The number of thiazole rings is 1. The predicted molar refractivity (Wildman–Crippen MR) is 102 cm³/mol. The summed E-state index contributed by atoms with van der Waals surface area (Å²) < 4.78 is 11.1. The summed E-state index contributed by atoms with van der Waals surface area (Å²) in [4.78, 5) is 30.4. The first kappa shape index (κ1) is 17.9. The van der Waals surface area contributed by atoms with Gasteiger partial charge in [-0.05, 0) is 25.0 Å². The standard InChI is InChI=1S/C19H21N3O4S/c23-17(22-7-9-25-10-8-22)11-26-16-4-2-1-3-14(16)15-12-27-19(20-15)21-18(24)13-5-6-13/h1-4,12-13H,5-11H2,(H,20,21,24). The minimum absolute atomic E-state index is 0.0214. The largest absolute Gasteiger partial charge is 0.483 e. The van der Waals surface area contributed by atoms with Gasteiger partial charge in [0.25, 0.3) is 5.91 Å². The number of amides is 2. The van der Waals surface area contributed by atoms with Crippen LogP contribution in [-0.2, 0) is 14.3 Å². The molecule has 0 atom stereocenters. The maximum atomic E-state index is 12.3. The van der Waals surface area contributed by atoms with Gasteiger partial charge in [-0.15, -0.1) is 11.3 Å². The van der Waals surface area contributed by atoms with E-state index in [4.69, 9.17) is 9.47 Å². The molecule has 8 heteroatoms. The Kier molecular flexibility index (Phi) is 5.35. The third-order valence-corrected chi connectivity index (χ3v) is 5.32. The highest BCUT2D eigenvalue weighted by molar-refractivity contribution is 7.14. The second kappa shape index (κ2) is 8.06. The molecule has 2 fully saturated rings. The van der Waals surface area contributed by atoms with E-state index in [1.165, 1.54) is 11.3 Å². The van der Waals surface area contributed by atoms with E-state index in [1.54, 1.807) is 4.90 Å². The van der Waals surface area contributed by atoms with Crippen molar-refractivity contribution in [2.24, 2.45) is 5.92 Å². The van der Waals surface area contributed by atoms with Crippen LogP contribution in [0.5, 0.6) is 5.75 Å². The molecule has 2 aromatic rings. The minimum atomic E-state index is -0.0521. The number of morpholine rings is 1. The zero-order chi connectivity index (χ0) is 18.6. The van der Waals surface area contributed by atoms with Gasteiger partial charge in [0.1, 0.15) is 5.75 Å². The smallest absolute Gasteiger partial charge is 0.260 e. The van der Waals surface area contributed by atoms with E-state index >= 15 is 0 Å². The summed E-state index contributed by atoms with van der Waals surface area (Å²) in [5.41, 5.74) is 1.52. The Bertz CT molecular complexity index is 828. The normalized spacial score (nSPS) is 16.8. The predicted octanol–water partition coefficient (Wildman–Crippen LogP) is 2.40. The Hall–Kier alpha value is -2.45. The Morgan fingerprint density at radius 2 is 2.04 bits per heavy atom. The fourth-order valence-electron chi connectivity index (χ4n) is 2.86. The van der Waals surface area contributed by atoms with E-state index < -0.39 is 0 Å². The monoisotopic (exact) mass is 387 g/mol. The molecule has 1 saturated heterocycles. The highest BCUT2D eigenvalue weighted by atomic mass is 32.1. The molecule has 4 rings (SSSR count). The van der Waals surface area contributed by atoms with Gasteiger partial charge in [0.15, 0.2) is 11.7 Å². The number of carbonyl (C=O) groups is 2. The Morgan fingerprint density at radius 3 is 2.81 bits per heavy atom. The molecule has 1 aliphatic carbocycles. The van der Waals surface area contributed by atoms with Crippen LogP contribution in [0, 0.1) is 5.92 Å². The quantitative estimate of drug-likeness (QED) is 0.823. The van der Waals surface area contributed by atoms with Crippen LogP contribution < -0.4 is 10.1 Å². The summed E-state index contributed by atoms with van der Waals surface area (Å²) in [5, 5.41) is 5.33. The summed E-state index contributed by atoms with van der Waals surface area (Å²) in [6.45, 7) is 2.30. The van der Waals surface area contributed by atoms with Gasteiger partial charge in [0, 0.05) is 30.0 Å². The first-order valence-electron chi connectivity index (χ1n) is 9.05. The molecule has 0 radical (unpaired) electrons. The number of rotatable bonds is 6. The zero-order valence-electron chi connectivity index (χ0n) is 14.8. The lowest BCUT2D eigenvalue weighted by Gasteiger charge is -2.26. The van der Waals surface area contributed by atoms with Crippen molar-refractivity contribution in [3.63, 3.8) is 0 Å². The number of anilines is 1. The van der Waals surface area contributed by atoms with Gasteiger partial charge in [-0.25, -0.2) is 4.98 Å². The van der Waals surface area contributed by atoms with Crippen molar-refractivity contribution in [3.8, 4) is 17.0 Å². The molecule has 2 aliphatic rings. The van der Waals surface area contributed by atoms with Gasteiger partial charge < -0.3 is 19.7 Å². The van der Waals surface area contributed by atoms with Crippen molar-refractivity contribution in [3.05, 3.63) is 29.6 Å². The van der Waals surface area contributed by atoms with E-state index in [1.807, 2.05) is 29.6 Å². The van der Waals surface area contributed by atoms with Crippen LogP contribution in [0.3, 0.4) is 0 Å². The fourth-order valence-corrected chi connectivity index (χ4v) is 3.57. The molecule has 1 N–H and O–H groups in total. The molecule has 1 aliphatic heterocycles. The number of carbonyl (C=O) groups excluding carboxylic acids is 2. The summed E-state index contributed by atoms with van der Waals surface area (Å²) in [5.74, 6) is 0.726. The number of hydrogen-bond donors (Lipinski definition) is 1. The van der Waals surface area contributed by atoms with Crippen molar-refractivity contribution in [1.29, 1.82) is 0 Å². The SMILES string of the molecule is O=C(Nc1nc(-c2ccccc2OCC(=O)N2CCOCC2)cs1)C1CC1. The number of nitrogens with zero attached hydrogens (tertiary/aromatic N) is 2. The van der Waals surface area contributed by atoms with Crippen LogP contribution in [-0.4, -0.2) is 54.6 Å². The molecule has 142 valence electrons. The summed E-state index contributed by atoms with van der Waals surface area (Å²) in [6.07, 6.45) is 1.91. The van der Waals surface area contributed by atoms with Gasteiger partial charge in [-0.2, -0.15) is 0 Å². The van der Waals surface area contributed by atoms with E-state index in [0.717, 1.165) is 24.1 Å². The molecular formula is C19H21N3O4S. The summed E-state index contributed by atoms with van der Waals surface area (Å²) in [7, 11) is 0. The van der Waals surface area contributed by atoms with E-state index in [9.17, 15) is 9.59 Å². The van der Waals surface area contributed by atoms with Crippen molar-refractivity contribution in [2.45, 2.75) is 12.8 Å². The zero-order valence-corrected chi connectivity index (χ0v) is 15.7. The third-order valence-electron chi connectivity index (χ3n) is 4.56. The number of ether oxygens (including phenoxy) is 2. The average molecular weight is 387 g/mol. The van der Waals surface area contributed by atoms with Crippen LogP contribution in [0.2, 0.25) is 0 Å². The van der Waals surface area contributed by atoms with Crippen molar-refractivity contribution in [2.75, 3.05) is 38.2 Å². The first-order valence-corrected chi connectivity index (χ1v) is 9.93. The van der Waals surface area contributed by atoms with Crippen LogP contribution in [0.4, 0.5) is 5.13 Å². The Labute approximate surface area is 161 Å². The topological polar surface area (TPSA) is 80.8 Å². The van der Waals surface area contributed by atoms with Crippen molar-refractivity contribution < 1.29 is 19.1 Å². The molecule has 0 bridgehead atoms. The summed E-state index contributed by atoms with van der Waals surface area (Å²) in [6, 6.07) is 7.48. The number of para-hydroxylation sites is 1. The van der Waals surface area contributed by atoms with Crippen molar-refractivity contribution >= 4 is 28.3 Å². The first-order chi connectivity index (χ1) is 13.2. The van der Waals surface area contributed by atoms with Gasteiger partial charge in [0.2, 0.25) is 5.91 Å². The van der Waals surface area contributed by atoms with Gasteiger partial charge >= 0.3 is 0 Å². The highest BCUT2D eigenvalue weighted by Gasteiger charge is 2.30. The fraction of sp³-hybridized carbons (Fsp3) is 0.421. The lowest BCUT2D eigenvalue weighted by atomic mass is 10.1. The number of benzene rings is 1. The summed E-state index contributed by atoms with van der Waals surface area (Å²) >= 11 is 1.39. The van der Waals surface area contributed by atoms with E-state index in [2.05, 4.69) is 10.3 Å². The Morgan fingerprint density at radius 1 is 1.26 bits per heavy atom. The minimum Gasteiger partial charge on any atom is -0.483 e. The lowest BCUT2D eigenvalue weighted by Crippen LogP contribution is -2.43. The highest BCUT2D eigenvalue weighted by Crippen LogP contribution is 2.34. The van der Waals surface area contributed by atoms with Crippen molar-refractivity contribution in [1.82, 2.24) is 9.88 Å². The van der Waals surface area contributed by atoms with Gasteiger partial charge in [-0.1, -0.05) is 12.1 Å². The number of nitrogens with one attached hydrogen (secondary N) is 1. The van der Waals surface area contributed by atoms with Crippen LogP contribution in [0.1, 0.15) is 12.8 Å². The van der Waals surface area contributed by atoms with Crippen LogP contribution >= 0.6 is 11.3 Å². The van der Waals surface area contributed by atoms with E-state index in [-0.39, 0.29) is 24.3 Å². The van der Waals surface area contributed by atoms with Gasteiger partial charge in [-0.3, -0.25) is 9.59 Å². The second-order valence-corrected chi connectivity index (χ2v) is 7.44. The average Bonchev–Trinajstić information content (AvgIpc) is 3.47. The van der Waals surface area contributed by atoms with Crippen LogP contribution in [0.15, 0.2) is 29.6 Å². The lowest BCUT2D eigenvalue weighted by molar-refractivity contribution is -0.137. The number of aromatic nitrogens is 1. The molecular weight excluding hydrogens is 366 g/mol. The molecule has 2 amide bonds. The Balaban J connectivity index is 1.42. The molecule has 0 unspecified atom stereocenters.